The highest BCUT2D eigenvalue weighted by Gasteiger charge is 2.31. The summed E-state index contributed by atoms with van der Waals surface area (Å²) >= 11 is 1.79. The number of thioether (sulfide) groups is 1. The van der Waals surface area contributed by atoms with E-state index in [4.69, 9.17) is 14.5 Å². The average Bonchev–Trinajstić information content (AvgIpc) is 2.61. The van der Waals surface area contributed by atoms with Crippen LogP contribution in [0.1, 0.15) is 102 Å². The van der Waals surface area contributed by atoms with Crippen molar-refractivity contribution in [3.8, 4) is 5.75 Å². The number of azo groups is 1. The maximum atomic E-state index is 12.5. The topological polar surface area (TPSA) is 69.5 Å². The van der Waals surface area contributed by atoms with E-state index in [2.05, 4.69) is 51.8 Å². The van der Waals surface area contributed by atoms with Crippen molar-refractivity contribution in [3.63, 3.8) is 0 Å². The van der Waals surface area contributed by atoms with Crippen LogP contribution in [0.3, 0.4) is 0 Å². The van der Waals surface area contributed by atoms with Crippen LogP contribution in [0.15, 0.2) is 39.4 Å². The van der Waals surface area contributed by atoms with Crippen LogP contribution in [0.4, 0.5) is 0 Å². The average molecular weight is 495 g/mol. The van der Waals surface area contributed by atoms with Gasteiger partial charge in [0.2, 0.25) is 5.72 Å². The maximum absolute atomic E-state index is 12.5. The Morgan fingerprint density at radius 1 is 0.853 bits per heavy atom. The van der Waals surface area contributed by atoms with Crippen LogP contribution in [0.2, 0.25) is 0 Å². The first-order valence-corrected chi connectivity index (χ1v) is 12.8. The van der Waals surface area contributed by atoms with Gasteiger partial charge in [-0.1, -0.05) is 41.5 Å². The number of hydrogen-bond donors (Lipinski definition) is 0. The Morgan fingerprint density at radius 2 is 1.41 bits per heavy atom. The molecule has 7 heteroatoms. The minimum atomic E-state index is -1.02. The van der Waals surface area contributed by atoms with Gasteiger partial charge < -0.3 is 4.74 Å². The second-order valence-electron chi connectivity index (χ2n) is 12.9. The van der Waals surface area contributed by atoms with Crippen LogP contribution in [0, 0.1) is 5.41 Å². The molecule has 0 spiro atoms. The molecule has 1 atom stereocenters. The number of carbonyl (C=O) groups is 1. The molecule has 1 aromatic carbocycles. The Balaban J connectivity index is 2.86. The summed E-state index contributed by atoms with van der Waals surface area (Å²) in [6.45, 7) is 24.5. The highest BCUT2D eigenvalue weighted by molar-refractivity contribution is 8.00. The van der Waals surface area contributed by atoms with Crippen molar-refractivity contribution < 1.29 is 19.3 Å². The molecule has 0 heterocycles. The van der Waals surface area contributed by atoms with Crippen LogP contribution >= 0.6 is 11.8 Å². The largest absolute Gasteiger partial charge is 0.465 e. The van der Waals surface area contributed by atoms with E-state index in [9.17, 15) is 4.79 Å². The summed E-state index contributed by atoms with van der Waals surface area (Å²) in [5.41, 5.74) is -1.91. The molecule has 0 fully saturated rings. The van der Waals surface area contributed by atoms with Gasteiger partial charge in [0.1, 0.15) is 11.4 Å². The molecule has 194 valence electrons. The smallest absolute Gasteiger partial charge is 0.342 e. The second-order valence-corrected chi connectivity index (χ2v) is 14.8. The Morgan fingerprint density at radius 3 is 1.88 bits per heavy atom. The summed E-state index contributed by atoms with van der Waals surface area (Å²) in [5, 5.41) is 8.89. The Kier molecular flexibility index (Phi) is 10.2. The van der Waals surface area contributed by atoms with Crippen LogP contribution in [0.25, 0.3) is 0 Å². The summed E-state index contributed by atoms with van der Waals surface area (Å²) in [5.74, 6) is 0.212. The van der Waals surface area contributed by atoms with Gasteiger partial charge in [-0.3, -0.25) is 4.89 Å². The van der Waals surface area contributed by atoms with Gasteiger partial charge in [-0.15, -0.1) is 16.9 Å². The van der Waals surface area contributed by atoms with Gasteiger partial charge in [0, 0.05) is 16.1 Å². The molecule has 0 saturated heterocycles. The lowest BCUT2D eigenvalue weighted by atomic mass is 9.84. The lowest BCUT2D eigenvalue weighted by molar-refractivity contribution is -0.330. The number of rotatable bonds is 10. The van der Waals surface area contributed by atoms with Crippen molar-refractivity contribution in [1.82, 2.24) is 0 Å². The molecular weight excluding hydrogens is 448 g/mol. The Labute approximate surface area is 211 Å². The van der Waals surface area contributed by atoms with Crippen LogP contribution in [-0.4, -0.2) is 27.6 Å². The molecule has 6 nitrogen and oxygen atoms in total. The first-order chi connectivity index (χ1) is 15.2. The molecule has 0 saturated carbocycles. The number of carbonyl (C=O) groups excluding carboxylic acids is 1. The minimum absolute atomic E-state index is 0.0522. The third kappa shape index (κ3) is 14.0. The predicted octanol–water partition coefficient (Wildman–Crippen LogP) is 8.39. The SMILES string of the molecule is CC(C)(C)CC(C)(C)OOC(=O)CCC(C)(/N=N/C(C)(C)C)Oc1ccc(SC(C)(C)C)cc1. The quantitative estimate of drug-likeness (QED) is 0.141. The fraction of sp³-hybridized carbons (Fsp3) is 0.741. The second kappa shape index (κ2) is 11.4. The molecule has 0 aromatic heterocycles. The van der Waals surface area contributed by atoms with Crippen molar-refractivity contribution in [3.05, 3.63) is 24.3 Å². The van der Waals surface area contributed by atoms with Crippen LogP contribution in [-0.2, 0) is 14.6 Å². The molecule has 1 aromatic rings. The zero-order chi connectivity index (χ0) is 26.4. The normalized spacial score (nSPS) is 15.3. The van der Waals surface area contributed by atoms with E-state index in [1.165, 1.54) is 0 Å². The standard InChI is InChI=1S/C27H46N2O4S/c1-23(2,3)19-26(10,11)33-32-22(30)17-18-27(12,29-28-24(4,5)6)31-20-13-15-21(16-14-20)34-25(7,8)9/h13-16H,17-19H2,1-12H3/b29-28+. The van der Waals surface area contributed by atoms with Crippen molar-refractivity contribution in [2.24, 2.45) is 15.6 Å². The molecule has 0 radical (unpaired) electrons. The zero-order valence-corrected chi connectivity index (χ0v) is 24.2. The van der Waals surface area contributed by atoms with E-state index in [0.29, 0.717) is 12.2 Å². The number of ether oxygens (including phenoxy) is 1. The van der Waals surface area contributed by atoms with Crippen LogP contribution < -0.4 is 4.74 Å². The van der Waals surface area contributed by atoms with Crippen LogP contribution in [0.5, 0.6) is 5.75 Å². The van der Waals surface area contributed by atoms with Crippen molar-refractivity contribution in [2.75, 3.05) is 0 Å². The van der Waals surface area contributed by atoms with Gasteiger partial charge in [0.15, 0.2) is 0 Å². The summed E-state index contributed by atoms with van der Waals surface area (Å²) in [6, 6.07) is 7.92. The summed E-state index contributed by atoms with van der Waals surface area (Å²) in [6.07, 6.45) is 1.13. The zero-order valence-electron chi connectivity index (χ0n) is 23.4. The molecule has 0 aliphatic carbocycles. The molecule has 34 heavy (non-hydrogen) atoms. The van der Waals surface area contributed by atoms with Gasteiger partial charge >= 0.3 is 5.97 Å². The monoisotopic (exact) mass is 494 g/mol. The van der Waals surface area contributed by atoms with Gasteiger partial charge in [0.25, 0.3) is 0 Å². The van der Waals surface area contributed by atoms with E-state index in [1.807, 2.05) is 65.8 Å². The number of benzene rings is 1. The lowest BCUT2D eigenvalue weighted by Gasteiger charge is -2.30. The van der Waals surface area contributed by atoms with Crippen molar-refractivity contribution >= 4 is 17.7 Å². The van der Waals surface area contributed by atoms with Gasteiger partial charge in [0.05, 0.1) is 12.0 Å². The summed E-state index contributed by atoms with van der Waals surface area (Å²) in [7, 11) is 0. The molecule has 0 aliphatic heterocycles. The van der Waals surface area contributed by atoms with E-state index < -0.39 is 17.3 Å². The number of nitrogens with zero attached hydrogens (tertiary/aromatic N) is 2. The molecule has 0 aliphatic rings. The highest BCUT2D eigenvalue weighted by atomic mass is 32.2. The number of hydrogen-bond acceptors (Lipinski definition) is 7. The molecule has 0 amide bonds. The first kappa shape index (κ1) is 30.4. The fourth-order valence-corrected chi connectivity index (χ4v) is 4.38. The minimum Gasteiger partial charge on any atom is -0.465 e. The summed E-state index contributed by atoms with van der Waals surface area (Å²) < 4.78 is 6.35. The van der Waals surface area contributed by atoms with E-state index in [1.54, 1.807) is 11.8 Å². The molecule has 1 unspecified atom stereocenters. The van der Waals surface area contributed by atoms with E-state index >= 15 is 0 Å². The fourth-order valence-electron chi connectivity index (χ4n) is 3.40. The predicted molar refractivity (Wildman–Crippen MR) is 140 cm³/mol. The molecule has 0 N–H and O–H groups in total. The Bertz CT molecular complexity index is 815. The van der Waals surface area contributed by atoms with Gasteiger partial charge in [-0.25, -0.2) is 4.79 Å². The first-order valence-electron chi connectivity index (χ1n) is 12.0. The lowest BCUT2D eigenvalue weighted by Crippen LogP contribution is -2.33. The van der Waals surface area contributed by atoms with Crippen molar-refractivity contribution in [1.29, 1.82) is 0 Å². The summed E-state index contributed by atoms with van der Waals surface area (Å²) in [4.78, 5) is 24.2. The maximum Gasteiger partial charge on any atom is 0.342 e. The third-order valence-corrected chi connectivity index (χ3v) is 5.38. The Hall–Kier alpha value is -1.60. The molecule has 1 rings (SSSR count). The third-order valence-electron chi connectivity index (χ3n) is 4.26. The van der Waals surface area contributed by atoms with E-state index in [-0.39, 0.29) is 22.1 Å². The van der Waals surface area contributed by atoms with Gasteiger partial charge in [-0.05, 0) is 77.6 Å². The van der Waals surface area contributed by atoms with E-state index in [0.717, 1.165) is 11.3 Å². The molecular formula is C27H46N2O4S. The van der Waals surface area contributed by atoms with Crippen molar-refractivity contribution in [2.45, 2.75) is 129 Å². The highest BCUT2D eigenvalue weighted by Crippen LogP contribution is 2.34. The molecule has 0 bridgehead atoms. The van der Waals surface area contributed by atoms with Gasteiger partial charge in [-0.2, -0.15) is 10.0 Å².